The van der Waals surface area contributed by atoms with Gasteiger partial charge in [-0.25, -0.2) is 0 Å². The molecule has 1 unspecified atom stereocenters. The molecule has 0 saturated heterocycles. The lowest BCUT2D eigenvalue weighted by Gasteiger charge is -2.18. The Morgan fingerprint density at radius 1 is 0.267 bits per heavy atom. The van der Waals surface area contributed by atoms with Gasteiger partial charge in [0, 0.05) is 19.3 Å². The number of carbonyl (C=O) groups is 3. The molecule has 6 heteroatoms. The molecule has 440 valence electrons. The number of carbonyl (C=O) groups excluding carboxylic acids is 3. The van der Waals surface area contributed by atoms with Gasteiger partial charge >= 0.3 is 17.9 Å². The predicted octanol–water partition coefficient (Wildman–Crippen LogP) is 22.8. The maximum atomic E-state index is 12.8. The van der Waals surface area contributed by atoms with Crippen molar-refractivity contribution in [2.45, 2.75) is 374 Å². The molecule has 0 aromatic heterocycles. The molecule has 0 aromatic rings. The van der Waals surface area contributed by atoms with E-state index < -0.39 is 6.10 Å². The van der Waals surface area contributed by atoms with Crippen LogP contribution in [0.5, 0.6) is 0 Å². The summed E-state index contributed by atoms with van der Waals surface area (Å²) in [6.45, 7) is 6.64. The van der Waals surface area contributed by atoms with Crippen molar-refractivity contribution in [3.8, 4) is 0 Å². The Balaban J connectivity index is 3.99. The van der Waals surface area contributed by atoms with Crippen molar-refractivity contribution in [2.24, 2.45) is 0 Å². The minimum Gasteiger partial charge on any atom is -0.462 e. The summed E-state index contributed by atoms with van der Waals surface area (Å²) < 4.78 is 16.9. The molecule has 0 fully saturated rings. The van der Waals surface area contributed by atoms with Gasteiger partial charge in [0.1, 0.15) is 13.2 Å². The van der Waals surface area contributed by atoms with Gasteiger partial charge in [-0.1, -0.05) is 308 Å². The first kappa shape index (κ1) is 72.6. The fourth-order valence-corrected chi connectivity index (χ4v) is 10.1. The summed E-state index contributed by atoms with van der Waals surface area (Å²) in [5, 5.41) is 0. The maximum Gasteiger partial charge on any atom is 0.306 e. The van der Waals surface area contributed by atoms with Crippen molar-refractivity contribution >= 4 is 17.9 Å². The van der Waals surface area contributed by atoms with E-state index in [1.807, 2.05) is 0 Å². The van der Waals surface area contributed by atoms with E-state index in [0.29, 0.717) is 19.3 Å². The van der Waals surface area contributed by atoms with Gasteiger partial charge in [-0.3, -0.25) is 14.4 Å². The average Bonchev–Trinajstić information content (AvgIpc) is 3.41. The van der Waals surface area contributed by atoms with Gasteiger partial charge in [0.15, 0.2) is 6.10 Å². The van der Waals surface area contributed by atoms with E-state index in [1.54, 1.807) is 0 Å². The highest BCUT2D eigenvalue weighted by molar-refractivity contribution is 5.71. The molecule has 0 spiro atoms. The zero-order valence-electron chi connectivity index (χ0n) is 50.6. The molecule has 0 saturated carbocycles. The molecule has 0 aromatic carbocycles. The number of esters is 3. The normalized spacial score (nSPS) is 12.2. The number of allylic oxidation sites excluding steroid dienone is 6. The standard InChI is InChI=1S/C69H128O6/c1-4-7-10-13-16-19-21-23-25-27-28-29-30-31-32-33-34-35-36-37-38-39-40-41-42-43-45-46-48-50-53-56-59-62-68(71)74-65-66(64-73-67(70)61-58-55-52-18-15-12-9-6-3)75-69(72)63-60-57-54-51-49-47-44-26-24-22-20-17-14-11-8-5-2/h21,23,26-28,44,66H,4-20,22,24-25,29-43,45-65H2,1-3H3/b23-21-,28-27-,44-26-. The van der Waals surface area contributed by atoms with Crippen molar-refractivity contribution in [3.63, 3.8) is 0 Å². The molecule has 0 aliphatic carbocycles. The van der Waals surface area contributed by atoms with E-state index in [0.717, 1.165) is 70.6 Å². The molecule has 1 atom stereocenters. The average molecular weight is 1050 g/mol. The molecule has 0 amide bonds. The van der Waals surface area contributed by atoms with Gasteiger partial charge in [-0.05, 0) is 77.0 Å². The second kappa shape index (κ2) is 64.2. The van der Waals surface area contributed by atoms with Crippen LogP contribution in [0.1, 0.15) is 367 Å². The lowest BCUT2D eigenvalue weighted by atomic mass is 10.0. The van der Waals surface area contributed by atoms with Crippen LogP contribution in [-0.2, 0) is 28.6 Å². The summed E-state index contributed by atoms with van der Waals surface area (Å²) in [5.41, 5.74) is 0. The van der Waals surface area contributed by atoms with Crippen molar-refractivity contribution in [3.05, 3.63) is 36.5 Å². The monoisotopic (exact) mass is 1050 g/mol. The highest BCUT2D eigenvalue weighted by Gasteiger charge is 2.19. The van der Waals surface area contributed by atoms with Crippen LogP contribution in [-0.4, -0.2) is 37.2 Å². The Morgan fingerprint density at radius 3 is 0.747 bits per heavy atom. The van der Waals surface area contributed by atoms with E-state index in [9.17, 15) is 14.4 Å². The van der Waals surface area contributed by atoms with Crippen LogP contribution in [0.3, 0.4) is 0 Å². The third-order valence-electron chi connectivity index (χ3n) is 15.1. The first-order valence-electron chi connectivity index (χ1n) is 33.5. The van der Waals surface area contributed by atoms with Gasteiger partial charge in [-0.15, -0.1) is 0 Å². The summed E-state index contributed by atoms with van der Waals surface area (Å²) in [6.07, 6.45) is 79.1. The number of rotatable bonds is 62. The summed E-state index contributed by atoms with van der Waals surface area (Å²) in [7, 11) is 0. The third kappa shape index (κ3) is 62.4. The van der Waals surface area contributed by atoms with Crippen LogP contribution in [0.25, 0.3) is 0 Å². The number of unbranched alkanes of at least 4 members (excludes halogenated alkanes) is 45. The lowest BCUT2D eigenvalue weighted by Crippen LogP contribution is -2.30. The molecule has 0 aliphatic rings. The summed E-state index contributed by atoms with van der Waals surface area (Å²) in [6, 6.07) is 0. The van der Waals surface area contributed by atoms with E-state index in [1.165, 1.54) is 257 Å². The second-order valence-electron chi connectivity index (χ2n) is 22.7. The predicted molar refractivity (Wildman–Crippen MR) is 326 cm³/mol. The molecule has 0 N–H and O–H groups in total. The van der Waals surface area contributed by atoms with Crippen molar-refractivity contribution in [1.82, 2.24) is 0 Å². The SMILES string of the molecule is CCCCCCC/C=C\C/C=C\CCCCCCCCCCCCCCCCCCCCCCCC(=O)OCC(COC(=O)CCCCCCCCCC)OC(=O)CCCCCCC/C=C\CCCCCCCCC. The van der Waals surface area contributed by atoms with Crippen molar-refractivity contribution in [2.75, 3.05) is 13.2 Å². The van der Waals surface area contributed by atoms with Crippen molar-refractivity contribution in [1.29, 1.82) is 0 Å². The second-order valence-corrected chi connectivity index (χ2v) is 22.7. The Labute approximate surface area is 467 Å². The van der Waals surface area contributed by atoms with E-state index in [2.05, 4.69) is 57.2 Å². The molecule has 0 bridgehead atoms. The lowest BCUT2D eigenvalue weighted by molar-refractivity contribution is -0.167. The first-order chi connectivity index (χ1) is 37.0. The largest absolute Gasteiger partial charge is 0.462 e. The topological polar surface area (TPSA) is 78.9 Å². The van der Waals surface area contributed by atoms with E-state index >= 15 is 0 Å². The molecule has 6 nitrogen and oxygen atoms in total. The zero-order valence-corrected chi connectivity index (χ0v) is 50.6. The van der Waals surface area contributed by atoms with Gasteiger partial charge in [-0.2, -0.15) is 0 Å². The van der Waals surface area contributed by atoms with Gasteiger partial charge < -0.3 is 14.2 Å². The highest BCUT2D eigenvalue weighted by Crippen LogP contribution is 2.18. The van der Waals surface area contributed by atoms with Crippen LogP contribution in [0.4, 0.5) is 0 Å². The van der Waals surface area contributed by atoms with Crippen LogP contribution < -0.4 is 0 Å². The minimum atomic E-state index is -0.771. The minimum absolute atomic E-state index is 0.0701. The fraction of sp³-hybridized carbons (Fsp3) is 0.870. The third-order valence-corrected chi connectivity index (χ3v) is 15.1. The Hall–Kier alpha value is -2.37. The summed E-state index contributed by atoms with van der Waals surface area (Å²) in [5.74, 6) is -0.861. The molecule has 0 rings (SSSR count). The molecular formula is C69H128O6. The van der Waals surface area contributed by atoms with Gasteiger partial charge in [0.2, 0.25) is 0 Å². The highest BCUT2D eigenvalue weighted by atomic mass is 16.6. The summed E-state index contributed by atoms with van der Waals surface area (Å²) >= 11 is 0. The molecule has 0 aliphatic heterocycles. The van der Waals surface area contributed by atoms with Gasteiger partial charge in [0.25, 0.3) is 0 Å². The molecular weight excluding hydrogens is 925 g/mol. The van der Waals surface area contributed by atoms with E-state index in [4.69, 9.17) is 14.2 Å². The zero-order chi connectivity index (χ0) is 54.3. The maximum absolute atomic E-state index is 12.8. The fourth-order valence-electron chi connectivity index (χ4n) is 10.1. The van der Waals surface area contributed by atoms with Crippen LogP contribution in [0, 0.1) is 0 Å². The van der Waals surface area contributed by atoms with Gasteiger partial charge in [0.05, 0.1) is 0 Å². The molecule has 0 heterocycles. The number of ether oxygens (including phenoxy) is 3. The van der Waals surface area contributed by atoms with Crippen LogP contribution >= 0.6 is 0 Å². The molecule has 0 radical (unpaired) electrons. The molecule has 75 heavy (non-hydrogen) atoms. The smallest absolute Gasteiger partial charge is 0.306 e. The van der Waals surface area contributed by atoms with E-state index in [-0.39, 0.29) is 31.1 Å². The Morgan fingerprint density at radius 2 is 0.480 bits per heavy atom. The van der Waals surface area contributed by atoms with Crippen LogP contribution in [0.15, 0.2) is 36.5 Å². The summed E-state index contributed by atoms with van der Waals surface area (Å²) in [4.78, 5) is 38.1. The van der Waals surface area contributed by atoms with Crippen LogP contribution in [0.2, 0.25) is 0 Å². The first-order valence-corrected chi connectivity index (χ1v) is 33.5. The number of hydrogen-bond acceptors (Lipinski definition) is 6. The number of hydrogen-bond donors (Lipinski definition) is 0. The Kier molecular flexibility index (Phi) is 62.1. The van der Waals surface area contributed by atoms with Crippen molar-refractivity contribution < 1.29 is 28.6 Å². The quantitative estimate of drug-likeness (QED) is 0.0261. The Bertz CT molecular complexity index is 1250.